The van der Waals surface area contributed by atoms with Gasteiger partial charge in [-0.25, -0.2) is 0 Å². The van der Waals surface area contributed by atoms with Crippen LogP contribution in [0.2, 0.25) is 0 Å². The largest absolute Gasteiger partial charge is 0.348 e. The number of benzene rings is 1. The van der Waals surface area contributed by atoms with E-state index in [0.717, 1.165) is 48.4 Å². The van der Waals surface area contributed by atoms with Crippen molar-refractivity contribution >= 4 is 5.91 Å². The zero-order valence-electron chi connectivity index (χ0n) is 14.7. The van der Waals surface area contributed by atoms with Crippen LogP contribution in [0.1, 0.15) is 51.6 Å². The lowest BCUT2D eigenvalue weighted by molar-refractivity contribution is 0.0950. The Morgan fingerprint density at radius 3 is 2.75 bits per heavy atom. The Balaban J connectivity index is 1.68. The van der Waals surface area contributed by atoms with Crippen molar-refractivity contribution < 1.29 is 4.79 Å². The van der Waals surface area contributed by atoms with Crippen LogP contribution in [0, 0.1) is 13.8 Å². The second-order valence-electron chi connectivity index (χ2n) is 6.61. The standard InChI is InChI=1S/C19H26N4O/c1-13-18(14(2)23(3)22-13)12-21-19(24)17-6-4-5-16(11-17)15-7-9-20-10-8-15/h4-6,11,15,20H,7-10,12H2,1-3H3,(H,21,24). The molecule has 0 aliphatic carbocycles. The summed E-state index contributed by atoms with van der Waals surface area (Å²) >= 11 is 0. The molecular formula is C19H26N4O. The summed E-state index contributed by atoms with van der Waals surface area (Å²) in [6.45, 7) is 6.63. The molecule has 1 amide bonds. The fourth-order valence-corrected chi connectivity index (χ4v) is 3.43. The van der Waals surface area contributed by atoms with Gasteiger partial charge < -0.3 is 10.6 Å². The van der Waals surface area contributed by atoms with Gasteiger partial charge in [-0.15, -0.1) is 0 Å². The first-order valence-corrected chi connectivity index (χ1v) is 8.64. The second-order valence-corrected chi connectivity index (χ2v) is 6.61. The Hall–Kier alpha value is -2.14. The van der Waals surface area contributed by atoms with Gasteiger partial charge in [0.2, 0.25) is 0 Å². The van der Waals surface area contributed by atoms with E-state index >= 15 is 0 Å². The summed E-state index contributed by atoms with van der Waals surface area (Å²) in [5.74, 6) is 0.537. The van der Waals surface area contributed by atoms with Crippen LogP contribution < -0.4 is 10.6 Å². The number of nitrogens with one attached hydrogen (secondary N) is 2. The zero-order chi connectivity index (χ0) is 17.1. The van der Waals surface area contributed by atoms with Gasteiger partial charge in [0.05, 0.1) is 5.69 Å². The third kappa shape index (κ3) is 3.51. The molecule has 2 N–H and O–H groups in total. The van der Waals surface area contributed by atoms with Crippen molar-refractivity contribution in [2.24, 2.45) is 7.05 Å². The van der Waals surface area contributed by atoms with Crippen molar-refractivity contribution in [2.75, 3.05) is 13.1 Å². The number of aromatic nitrogens is 2. The summed E-state index contributed by atoms with van der Waals surface area (Å²) in [6, 6.07) is 8.08. The normalized spacial score (nSPS) is 15.5. The highest BCUT2D eigenvalue weighted by molar-refractivity contribution is 5.94. The highest BCUT2D eigenvalue weighted by Gasteiger charge is 2.17. The number of nitrogens with zero attached hydrogens (tertiary/aromatic N) is 2. The van der Waals surface area contributed by atoms with Crippen molar-refractivity contribution in [1.29, 1.82) is 0 Å². The first kappa shape index (κ1) is 16.7. The number of carbonyl (C=O) groups excluding carboxylic acids is 1. The molecule has 1 aromatic carbocycles. The maximum atomic E-state index is 12.5. The highest BCUT2D eigenvalue weighted by atomic mass is 16.1. The van der Waals surface area contributed by atoms with Gasteiger partial charge in [0.15, 0.2) is 0 Å². The van der Waals surface area contributed by atoms with E-state index in [1.54, 1.807) is 0 Å². The molecule has 1 fully saturated rings. The molecule has 128 valence electrons. The molecule has 1 aliphatic heterocycles. The minimum atomic E-state index is -0.0200. The van der Waals surface area contributed by atoms with E-state index in [4.69, 9.17) is 0 Å². The highest BCUT2D eigenvalue weighted by Crippen LogP contribution is 2.25. The molecule has 1 aliphatic rings. The first-order chi connectivity index (χ1) is 11.6. The SMILES string of the molecule is Cc1nn(C)c(C)c1CNC(=O)c1cccc(C2CCNCC2)c1. The Morgan fingerprint density at radius 1 is 1.33 bits per heavy atom. The molecule has 1 saturated heterocycles. The summed E-state index contributed by atoms with van der Waals surface area (Å²) < 4.78 is 1.86. The molecule has 5 heteroatoms. The molecule has 0 spiro atoms. The molecule has 0 unspecified atom stereocenters. The van der Waals surface area contributed by atoms with Crippen molar-refractivity contribution in [1.82, 2.24) is 20.4 Å². The predicted octanol–water partition coefficient (Wildman–Crippen LogP) is 2.43. The van der Waals surface area contributed by atoms with Gasteiger partial charge >= 0.3 is 0 Å². The number of hydrogen-bond acceptors (Lipinski definition) is 3. The van der Waals surface area contributed by atoms with E-state index in [-0.39, 0.29) is 5.91 Å². The molecule has 2 heterocycles. The summed E-state index contributed by atoms with van der Waals surface area (Å²) in [5, 5.41) is 10.8. The van der Waals surface area contributed by atoms with Crippen LogP contribution in [0.3, 0.4) is 0 Å². The van der Waals surface area contributed by atoms with Gasteiger partial charge in [-0.05, 0) is 63.4 Å². The van der Waals surface area contributed by atoms with Crippen molar-refractivity contribution in [3.05, 3.63) is 52.3 Å². The summed E-state index contributed by atoms with van der Waals surface area (Å²) in [7, 11) is 1.93. The van der Waals surface area contributed by atoms with E-state index < -0.39 is 0 Å². The molecule has 3 rings (SSSR count). The van der Waals surface area contributed by atoms with Crippen LogP contribution in [0.25, 0.3) is 0 Å². The monoisotopic (exact) mass is 326 g/mol. The molecule has 1 aromatic heterocycles. The average molecular weight is 326 g/mol. The van der Waals surface area contributed by atoms with Crippen LogP contribution in [-0.4, -0.2) is 28.8 Å². The van der Waals surface area contributed by atoms with Crippen molar-refractivity contribution in [3.63, 3.8) is 0 Å². The predicted molar refractivity (Wildman–Crippen MR) is 95.1 cm³/mol. The lowest BCUT2D eigenvalue weighted by atomic mass is 9.89. The van der Waals surface area contributed by atoms with Gasteiger partial charge in [-0.1, -0.05) is 12.1 Å². The second kappa shape index (κ2) is 7.18. The number of aryl methyl sites for hydroxylation is 2. The van der Waals surface area contributed by atoms with Gasteiger partial charge in [0.1, 0.15) is 0 Å². The number of rotatable bonds is 4. The summed E-state index contributed by atoms with van der Waals surface area (Å²) in [5.41, 5.74) is 5.18. The number of amides is 1. The van der Waals surface area contributed by atoms with E-state index in [9.17, 15) is 4.79 Å². The topological polar surface area (TPSA) is 59.0 Å². The lowest BCUT2D eigenvalue weighted by Gasteiger charge is -2.23. The quantitative estimate of drug-likeness (QED) is 0.907. The minimum Gasteiger partial charge on any atom is -0.348 e. The first-order valence-electron chi connectivity index (χ1n) is 8.64. The van der Waals surface area contributed by atoms with Gasteiger partial charge in [-0.2, -0.15) is 5.10 Å². The molecule has 5 nitrogen and oxygen atoms in total. The maximum absolute atomic E-state index is 12.5. The lowest BCUT2D eigenvalue weighted by Crippen LogP contribution is -2.27. The molecule has 24 heavy (non-hydrogen) atoms. The van der Waals surface area contributed by atoms with Crippen LogP contribution in [-0.2, 0) is 13.6 Å². The van der Waals surface area contributed by atoms with E-state index in [1.165, 1.54) is 5.56 Å². The fourth-order valence-electron chi connectivity index (χ4n) is 3.43. The molecule has 0 bridgehead atoms. The van der Waals surface area contributed by atoms with Crippen LogP contribution >= 0.6 is 0 Å². The Morgan fingerprint density at radius 2 is 2.08 bits per heavy atom. The van der Waals surface area contributed by atoms with Gasteiger partial charge in [0.25, 0.3) is 5.91 Å². The Labute approximate surface area is 143 Å². The molecule has 0 saturated carbocycles. The van der Waals surface area contributed by atoms with E-state index in [2.05, 4.69) is 21.8 Å². The van der Waals surface area contributed by atoms with Gasteiger partial charge in [-0.3, -0.25) is 9.48 Å². The Bertz CT molecular complexity index is 729. The van der Waals surface area contributed by atoms with Crippen LogP contribution in [0.15, 0.2) is 24.3 Å². The van der Waals surface area contributed by atoms with E-state index in [1.807, 2.05) is 43.8 Å². The zero-order valence-corrected chi connectivity index (χ0v) is 14.7. The minimum absolute atomic E-state index is 0.0200. The summed E-state index contributed by atoms with van der Waals surface area (Å²) in [6.07, 6.45) is 2.28. The number of hydrogen-bond donors (Lipinski definition) is 2. The smallest absolute Gasteiger partial charge is 0.251 e. The van der Waals surface area contributed by atoms with Crippen molar-refractivity contribution in [3.8, 4) is 0 Å². The van der Waals surface area contributed by atoms with E-state index in [0.29, 0.717) is 12.5 Å². The maximum Gasteiger partial charge on any atom is 0.251 e. The van der Waals surface area contributed by atoms with Crippen LogP contribution in [0.5, 0.6) is 0 Å². The molecule has 0 radical (unpaired) electrons. The summed E-state index contributed by atoms with van der Waals surface area (Å²) in [4.78, 5) is 12.5. The molecule has 0 atom stereocenters. The fraction of sp³-hybridized carbons (Fsp3) is 0.474. The number of carbonyl (C=O) groups is 1. The molecule has 2 aromatic rings. The third-order valence-electron chi connectivity index (χ3n) is 5.04. The molecular weight excluding hydrogens is 300 g/mol. The third-order valence-corrected chi connectivity index (χ3v) is 5.04. The number of piperidine rings is 1. The van der Waals surface area contributed by atoms with Crippen LogP contribution in [0.4, 0.5) is 0 Å². The van der Waals surface area contributed by atoms with Gasteiger partial charge in [0, 0.05) is 30.4 Å². The average Bonchev–Trinajstić information content (AvgIpc) is 2.86. The Kier molecular flexibility index (Phi) is 5.00. The van der Waals surface area contributed by atoms with Crippen molar-refractivity contribution in [2.45, 2.75) is 39.2 Å².